The topological polar surface area (TPSA) is 71.4 Å². The average molecular weight is 411 g/mol. The quantitative estimate of drug-likeness (QED) is 0.292. The van der Waals surface area contributed by atoms with Crippen LogP contribution in [0.3, 0.4) is 0 Å². The van der Waals surface area contributed by atoms with Crippen LogP contribution in [0.15, 0.2) is 29.2 Å². The molecule has 1 aromatic carbocycles. The third-order valence-electron chi connectivity index (χ3n) is 5.22. The lowest BCUT2D eigenvalue weighted by molar-refractivity contribution is 0.0692. The highest BCUT2D eigenvalue weighted by Gasteiger charge is 2.21. The molecule has 28 heavy (non-hydrogen) atoms. The van der Waals surface area contributed by atoms with Gasteiger partial charge in [0.2, 0.25) is 0 Å². The van der Waals surface area contributed by atoms with E-state index in [0.717, 1.165) is 19.3 Å². The highest BCUT2D eigenvalue weighted by Crippen LogP contribution is 2.19. The number of benzene rings is 1. The monoisotopic (exact) mass is 410 g/mol. The minimum Gasteiger partial charge on any atom is -0.478 e. The van der Waals surface area contributed by atoms with E-state index in [2.05, 4.69) is 6.92 Å². The number of aromatic carboxylic acids is 1. The molecule has 0 heterocycles. The van der Waals surface area contributed by atoms with E-state index in [1.165, 1.54) is 76.3 Å². The van der Waals surface area contributed by atoms with Crippen molar-refractivity contribution in [2.75, 3.05) is 5.75 Å². The molecular formula is C23H38O4S. The maximum atomic E-state index is 12.4. The zero-order valence-corrected chi connectivity index (χ0v) is 18.3. The normalized spacial score (nSPS) is 11.6. The first kappa shape index (κ1) is 24.7. The summed E-state index contributed by atoms with van der Waals surface area (Å²) in [5.41, 5.74) is -0.132. The van der Waals surface area contributed by atoms with Gasteiger partial charge in [0.25, 0.3) is 0 Å². The van der Waals surface area contributed by atoms with E-state index in [1.807, 2.05) is 0 Å². The molecule has 1 aromatic rings. The Balaban J connectivity index is 2.08. The Morgan fingerprint density at radius 2 is 1.18 bits per heavy atom. The van der Waals surface area contributed by atoms with Gasteiger partial charge in [0.05, 0.1) is 16.2 Å². The van der Waals surface area contributed by atoms with Crippen LogP contribution < -0.4 is 0 Å². The lowest BCUT2D eigenvalue weighted by Gasteiger charge is -2.07. The van der Waals surface area contributed by atoms with Crippen molar-refractivity contribution in [2.45, 2.75) is 102 Å². The minimum absolute atomic E-state index is 0.0231. The van der Waals surface area contributed by atoms with Crippen molar-refractivity contribution >= 4 is 15.8 Å². The van der Waals surface area contributed by atoms with E-state index < -0.39 is 15.8 Å². The number of carboxylic acid groups (broad SMARTS) is 1. The number of carboxylic acids is 1. The highest BCUT2D eigenvalue weighted by atomic mass is 32.2. The van der Waals surface area contributed by atoms with Gasteiger partial charge in [-0.15, -0.1) is 0 Å². The van der Waals surface area contributed by atoms with Crippen LogP contribution in [0.4, 0.5) is 0 Å². The smallest absolute Gasteiger partial charge is 0.337 e. The van der Waals surface area contributed by atoms with Crippen LogP contribution in [0.25, 0.3) is 0 Å². The molecule has 0 aliphatic carbocycles. The van der Waals surface area contributed by atoms with Crippen molar-refractivity contribution in [3.63, 3.8) is 0 Å². The number of hydrogen-bond acceptors (Lipinski definition) is 3. The second-order valence-electron chi connectivity index (χ2n) is 7.72. The fraction of sp³-hybridized carbons (Fsp3) is 0.696. The van der Waals surface area contributed by atoms with Gasteiger partial charge in [0.15, 0.2) is 9.84 Å². The summed E-state index contributed by atoms with van der Waals surface area (Å²) in [5.74, 6) is -1.17. The fourth-order valence-corrected chi connectivity index (χ4v) is 5.09. The Morgan fingerprint density at radius 3 is 1.64 bits per heavy atom. The van der Waals surface area contributed by atoms with Crippen LogP contribution in [-0.2, 0) is 9.84 Å². The molecule has 1 N–H and O–H groups in total. The number of hydrogen-bond donors (Lipinski definition) is 1. The summed E-state index contributed by atoms with van der Waals surface area (Å²) < 4.78 is 24.8. The van der Waals surface area contributed by atoms with Crippen molar-refractivity contribution in [1.82, 2.24) is 0 Å². The molecule has 5 heteroatoms. The van der Waals surface area contributed by atoms with Gasteiger partial charge >= 0.3 is 5.97 Å². The van der Waals surface area contributed by atoms with Gasteiger partial charge < -0.3 is 5.11 Å². The zero-order chi connectivity index (χ0) is 20.7. The maximum Gasteiger partial charge on any atom is 0.337 e. The summed E-state index contributed by atoms with van der Waals surface area (Å²) in [6, 6.07) is 5.86. The second kappa shape index (κ2) is 14.6. The van der Waals surface area contributed by atoms with Crippen molar-refractivity contribution in [3.8, 4) is 0 Å². The average Bonchev–Trinajstić information content (AvgIpc) is 2.68. The number of sulfone groups is 1. The first-order chi connectivity index (χ1) is 13.5. The second-order valence-corrected chi connectivity index (χ2v) is 9.79. The summed E-state index contributed by atoms with van der Waals surface area (Å²) in [6.07, 6.45) is 17.0. The van der Waals surface area contributed by atoms with Crippen molar-refractivity contribution in [3.05, 3.63) is 29.8 Å². The molecule has 0 aliphatic rings. The molecule has 0 aliphatic heterocycles. The summed E-state index contributed by atoms with van der Waals surface area (Å²) in [6.45, 7) is 2.25. The van der Waals surface area contributed by atoms with Gasteiger partial charge in [-0.05, 0) is 18.6 Å². The molecule has 0 amide bonds. The first-order valence-corrected chi connectivity index (χ1v) is 12.7. The molecule has 4 nitrogen and oxygen atoms in total. The Morgan fingerprint density at radius 1 is 0.750 bits per heavy atom. The first-order valence-electron chi connectivity index (χ1n) is 11.0. The molecule has 0 aromatic heterocycles. The maximum absolute atomic E-state index is 12.4. The van der Waals surface area contributed by atoms with Crippen LogP contribution >= 0.6 is 0 Å². The molecule has 0 fully saturated rings. The zero-order valence-electron chi connectivity index (χ0n) is 17.5. The SMILES string of the molecule is CCCCCCCCCCCCCCCCS(=O)(=O)c1ccccc1C(=O)O. The van der Waals surface area contributed by atoms with Crippen LogP contribution in [0.2, 0.25) is 0 Å². The van der Waals surface area contributed by atoms with Gasteiger partial charge in [-0.25, -0.2) is 13.2 Å². The Kier molecular flexibility index (Phi) is 12.9. The molecule has 0 unspecified atom stereocenters. The van der Waals surface area contributed by atoms with Gasteiger partial charge in [0, 0.05) is 0 Å². The predicted molar refractivity (Wildman–Crippen MR) is 116 cm³/mol. The predicted octanol–water partition coefficient (Wildman–Crippen LogP) is 6.64. The molecule has 0 bridgehead atoms. The molecular weight excluding hydrogens is 372 g/mol. The van der Waals surface area contributed by atoms with E-state index in [4.69, 9.17) is 5.11 Å². The van der Waals surface area contributed by atoms with Crippen molar-refractivity contribution in [2.24, 2.45) is 0 Å². The standard InChI is InChI=1S/C23H38O4S/c1-2-3-4-5-6-7-8-9-10-11-12-13-14-17-20-28(26,27)22-19-16-15-18-21(22)23(24)25/h15-16,18-19H,2-14,17,20H2,1H3,(H,24,25). The molecule has 0 atom stereocenters. The van der Waals surface area contributed by atoms with E-state index in [9.17, 15) is 13.2 Å². The van der Waals surface area contributed by atoms with Crippen LogP contribution in [0, 0.1) is 0 Å². The molecule has 1 rings (SSSR count). The van der Waals surface area contributed by atoms with E-state index >= 15 is 0 Å². The summed E-state index contributed by atoms with van der Waals surface area (Å²) in [5, 5.41) is 9.16. The van der Waals surface area contributed by atoms with Gasteiger partial charge in [-0.3, -0.25) is 0 Å². The van der Waals surface area contributed by atoms with Gasteiger partial charge in [-0.1, -0.05) is 103 Å². The Hall–Kier alpha value is -1.36. The van der Waals surface area contributed by atoms with Crippen LogP contribution in [0.5, 0.6) is 0 Å². The number of unbranched alkanes of at least 4 members (excludes halogenated alkanes) is 13. The summed E-state index contributed by atoms with van der Waals surface area (Å²) >= 11 is 0. The van der Waals surface area contributed by atoms with Crippen LogP contribution in [-0.4, -0.2) is 25.2 Å². The molecule has 0 saturated carbocycles. The van der Waals surface area contributed by atoms with E-state index in [0.29, 0.717) is 6.42 Å². The highest BCUT2D eigenvalue weighted by molar-refractivity contribution is 7.91. The van der Waals surface area contributed by atoms with E-state index in [1.54, 1.807) is 12.1 Å². The van der Waals surface area contributed by atoms with E-state index in [-0.39, 0.29) is 16.2 Å². The van der Waals surface area contributed by atoms with Crippen molar-refractivity contribution in [1.29, 1.82) is 0 Å². The van der Waals surface area contributed by atoms with Crippen molar-refractivity contribution < 1.29 is 18.3 Å². The lowest BCUT2D eigenvalue weighted by atomic mass is 10.0. The minimum atomic E-state index is -3.53. The lowest BCUT2D eigenvalue weighted by Crippen LogP contribution is -2.12. The van der Waals surface area contributed by atoms with Crippen LogP contribution in [0.1, 0.15) is 107 Å². The summed E-state index contributed by atoms with van der Waals surface area (Å²) in [7, 11) is -3.53. The largest absolute Gasteiger partial charge is 0.478 e. The third-order valence-corrected chi connectivity index (χ3v) is 7.07. The molecule has 160 valence electrons. The molecule has 0 radical (unpaired) electrons. The molecule has 0 spiro atoms. The number of rotatable bonds is 17. The fourth-order valence-electron chi connectivity index (χ4n) is 3.51. The Bertz CT molecular complexity index is 652. The summed E-state index contributed by atoms with van der Waals surface area (Å²) in [4.78, 5) is 11.1. The van der Waals surface area contributed by atoms with Gasteiger partial charge in [-0.2, -0.15) is 0 Å². The number of carbonyl (C=O) groups is 1. The third kappa shape index (κ3) is 10.3. The van der Waals surface area contributed by atoms with Gasteiger partial charge in [0.1, 0.15) is 0 Å². The Labute approximate surface area is 171 Å². The molecule has 0 saturated heterocycles.